The van der Waals surface area contributed by atoms with Gasteiger partial charge in [0.05, 0.1) is 31.6 Å². The number of H-pyrrole nitrogens is 1. The van der Waals surface area contributed by atoms with Crippen molar-refractivity contribution >= 4 is 28.4 Å². The van der Waals surface area contributed by atoms with Crippen LogP contribution in [-0.4, -0.2) is 48.7 Å². The van der Waals surface area contributed by atoms with Gasteiger partial charge in [0, 0.05) is 35.4 Å². The first-order valence-electron chi connectivity index (χ1n) is 11.2. The molecule has 2 amide bonds. The maximum Gasteiger partial charge on any atom is 0.234 e. The minimum atomic E-state index is -0.746. The van der Waals surface area contributed by atoms with E-state index < -0.39 is 17.4 Å². The van der Waals surface area contributed by atoms with Crippen molar-refractivity contribution in [2.45, 2.75) is 18.1 Å². The van der Waals surface area contributed by atoms with Crippen molar-refractivity contribution < 1.29 is 19.1 Å². The number of nitrogens with one attached hydrogen (secondary N) is 2. The molecule has 0 aliphatic carbocycles. The van der Waals surface area contributed by atoms with Gasteiger partial charge in [-0.05, 0) is 30.2 Å². The topological polar surface area (TPSA) is 83.7 Å². The Hall–Kier alpha value is -3.58. The molecule has 2 fully saturated rings. The van der Waals surface area contributed by atoms with Crippen LogP contribution < -0.4 is 15.0 Å². The molecule has 7 nitrogen and oxygen atoms in total. The fraction of sp³-hybridized carbons (Fsp3) is 0.308. The smallest absolute Gasteiger partial charge is 0.234 e. The molecule has 1 spiro atoms. The van der Waals surface area contributed by atoms with E-state index >= 15 is 0 Å². The van der Waals surface area contributed by atoms with Crippen molar-refractivity contribution in [2.75, 3.05) is 25.1 Å². The summed E-state index contributed by atoms with van der Waals surface area (Å²) in [4.78, 5) is 31.7. The number of hydrogen-bond acceptors (Lipinski definition) is 4. The van der Waals surface area contributed by atoms with Gasteiger partial charge in [0.15, 0.2) is 0 Å². The molecule has 0 radical (unpaired) electrons. The number of aromatic amines is 1. The molecule has 6 rings (SSSR count). The first kappa shape index (κ1) is 20.1. The molecule has 1 aromatic heterocycles. The van der Waals surface area contributed by atoms with Crippen LogP contribution in [0, 0.1) is 11.8 Å². The Bertz CT molecular complexity index is 1280. The van der Waals surface area contributed by atoms with Gasteiger partial charge >= 0.3 is 0 Å². The largest absolute Gasteiger partial charge is 0.497 e. The van der Waals surface area contributed by atoms with Crippen LogP contribution in [0.3, 0.4) is 0 Å². The van der Waals surface area contributed by atoms with Gasteiger partial charge in [-0.15, -0.1) is 0 Å². The Balaban J connectivity index is 1.18. The quantitative estimate of drug-likeness (QED) is 0.574. The molecule has 2 N–H and O–H groups in total. The highest BCUT2D eigenvalue weighted by Crippen LogP contribution is 2.52. The number of benzene rings is 2. The van der Waals surface area contributed by atoms with Gasteiger partial charge in [-0.25, -0.2) is 0 Å². The number of ether oxygens (including phenoxy) is 2. The molecular weight excluding hydrogens is 418 g/mol. The number of carbonyl (C=O) groups is 2. The Labute approximate surface area is 191 Å². The van der Waals surface area contributed by atoms with Crippen LogP contribution in [-0.2, 0) is 20.7 Å². The highest BCUT2D eigenvalue weighted by atomic mass is 16.5. The van der Waals surface area contributed by atoms with E-state index in [2.05, 4.69) is 16.4 Å². The molecular formula is C26H25N3O4. The van der Waals surface area contributed by atoms with E-state index in [0.717, 1.165) is 22.2 Å². The predicted molar refractivity (Wildman–Crippen MR) is 124 cm³/mol. The van der Waals surface area contributed by atoms with Crippen LogP contribution in [0.4, 0.5) is 5.69 Å². The van der Waals surface area contributed by atoms with Crippen molar-refractivity contribution in [1.29, 1.82) is 0 Å². The lowest BCUT2D eigenvalue weighted by Crippen LogP contribution is -2.44. The summed E-state index contributed by atoms with van der Waals surface area (Å²) in [6, 6.07) is 15.5. The van der Waals surface area contributed by atoms with Crippen LogP contribution in [0.25, 0.3) is 10.9 Å². The average Bonchev–Trinajstić information content (AvgIpc) is 3.59. The molecule has 4 atom stereocenters. The molecule has 3 aliphatic heterocycles. The fourth-order valence-electron chi connectivity index (χ4n) is 5.57. The van der Waals surface area contributed by atoms with Gasteiger partial charge in [0.1, 0.15) is 11.4 Å². The summed E-state index contributed by atoms with van der Waals surface area (Å²) in [6.07, 6.45) is 6.24. The second kappa shape index (κ2) is 7.49. The molecule has 168 valence electrons. The van der Waals surface area contributed by atoms with Crippen molar-refractivity contribution in [3.8, 4) is 5.75 Å². The highest BCUT2D eigenvalue weighted by molar-refractivity contribution is 6.03. The van der Waals surface area contributed by atoms with Crippen molar-refractivity contribution in [1.82, 2.24) is 10.3 Å². The molecule has 2 bridgehead atoms. The Kier molecular flexibility index (Phi) is 4.55. The Morgan fingerprint density at radius 3 is 3.03 bits per heavy atom. The zero-order valence-corrected chi connectivity index (χ0v) is 18.3. The van der Waals surface area contributed by atoms with Crippen molar-refractivity contribution in [2.24, 2.45) is 11.8 Å². The summed E-state index contributed by atoms with van der Waals surface area (Å²) in [5.74, 6) is -0.571. The number of amides is 2. The molecule has 3 aromatic rings. The monoisotopic (exact) mass is 443 g/mol. The van der Waals surface area contributed by atoms with E-state index in [1.807, 2.05) is 60.8 Å². The third kappa shape index (κ3) is 3.07. The van der Waals surface area contributed by atoms with Gasteiger partial charge in [-0.1, -0.05) is 36.4 Å². The third-order valence-electron chi connectivity index (χ3n) is 7.14. The second-order valence-corrected chi connectivity index (χ2v) is 8.93. The number of fused-ring (bicyclic) bond motifs is 2. The molecule has 2 saturated heterocycles. The summed E-state index contributed by atoms with van der Waals surface area (Å²) in [5.41, 5.74) is 2.25. The summed E-state index contributed by atoms with van der Waals surface area (Å²) in [5, 5.41) is 4.22. The summed E-state index contributed by atoms with van der Waals surface area (Å²) in [7, 11) is 1.60. The number of methoxy groups -OCH3 is 1. The molecule has 2 aromatic carbocycles. The van der Waals surface area contributed by atoms with E-state index in [1.54, 1.807) is 12.0 Å². The van der Waals surface area contributed by atoms with Gasteiger partial charge in [-0.3, -0.25) is 9.59 Å². The number of para-hydroxylation sites is 1. The molecule has 0 saturated carbocycles. The lowest BCUT2D eigenvalue weighted by molar-refractivity contribution is -0.131. The lowest BCUT2D eigenvalue weighted by Gasteiger charge is -2.23. The first-order chi connectivity index (χ1) is 16.1. The first-order valence-corrected chi connectivity index (χ1v) is 11.2. The zero-order valence-electron chi connectivity index (χ0n) is 18.3. The Morgan fingerprint density at radius 2 is 2.15 bits per heavy atom. The summed E-state index contributed by atoms with van der Waals surface area (Å²) >= 11 is 0. The van der Waals surface area contributed by atoms with E-state index in [1.165, 1.54) is 0 Å². The van der Waals surface area contributed by atoms with Crippen LogP contribution in [0.1, 0.15) is 5.56 Å². The van der Waals surface area contributed by atoms with Gasteiger partial charge in [-0.2, -0.15) is 0 Å². The van der Waals surface area contributed by atoms with E-state index in [-0.39, 0.29) is 17.9 Å². The number of anilines is 1. The third-order valence-corrected chi connectivity index (χ3v) is 7.14. The lowest BCUT2D eigenvalue weighted by atomic mass is 9.77. The van der Waals surface area contributed by atoms with Crippen LogP contribution in [0.2, 0.25) is 0 Å². The number of aromatic nitrogens is 1. The second-order valence-electron chi connectivity index (χ2n) is 8.93. The van der Waals surface area contributed by atoms with E-state index in [9.17, 15) is 9.59 Å². The molecule has 0 unspecified atom stereocenters. The summed E-state index contributed by atoms with van der Waals surface area (Å²) < 4.78 is 11.6. The molecule has 33 heavy (non-hydrogen) atoms. The number of hydrogen-bond donors (Lipinski definition) is 2. The zero-order chi connectivity index (χ0) is 22.6. The van der Waals surface area contributed by atoms with Crippen LogP contribution >= 0.6 is 0 Å². The molecule has 4 heterocycles. The number of rotatable bonds is 6. The van der Waals surface area contributed by atoms with Crippen LogP contribution in [0.5, 0.6) is 5.75 Å². The van der Waals surface area contributed by atoms with Gasteiger partial charge in [0.25, 0.3) is 0 Å². The maximum absolute atomic E-state index is 13.5. The van der Waals surface area contributed by atoms with Crippen molar-refractivity contribution in [3.05, 3.63) is 72.4 Å². The highest BCUT2D eigenvalue weighted by Gasteiger charge is 2.67. The standard InChI is InChI=1S/C26H25N3O4/c1-32-18-6-4-5-17(13-18)29-15-26-11-9-21(33-26)22(23(26)25(29)31)24(30)27-12-10-16-14-28-20-8-3-2-7-19(16)20/h2-9,11,13-14,21-23,28H,10,12,15H2,1H3,(H,27,30)/t21-,22-,23-,26+/m1/s1. The Morgan fingerprint density at radius 1 is 1.27 bits per heavy atom. The van der Waals surface area contributed by atoms with E-state index in [0.29, 0.717) is 25.3 Å². The maximum atomic E-state index is 13.5. The van der Waals surface area contributed by atoms with Gasteiger partial charge < -0.3 is 24.7 Å². The summed E-state index contributed by atoms with van der Waals surface area (Å²) in [6.45, 7) is 0.900. The SMILES string of the molecule is COc1cccc(N2C[C@]34C=C[C@@H](O3)[C@@H](C(=O)NCCc3c[nH]c5ccccc35)[C@@H]4C2=O)c1. The predicted octanol–water partition coefficient (Wildman–Crippen LogP) is 2.82. The minimum absolute atomic E-state index is 0.0770. The minimum Gasteiger partial charge on any atom is -0.497 e. The fourth-order valence-corrected chi connectivity index (χ4v) is 5.57. The average molecular weight is 444 g/mol. The molecule has 7 heteroatoms. The van der Waals surface area contributed by atoms with Crippen LogP contribution in [0.15, 0.2) is 66.9 Å². The molecule has 3 aliphatic rings. The normalized spacial score (nSPS) is 27.4. The number of nitrogens with zero attached hydrogens (tertiary/aromatic N) is 1. The van der Waals surface area contributed by atoms with Crippen molar-refractivity contribution in [3.63, 3.8) is 0 Å². The van der Waals surface area contributed by atoms with E-state index in [4.69, 9.17) is 9.47 Å². The number of carbonyl (C=O) groups excluding carboxylic acids is 2. The van der Waals surface area contributed by atoms with Gasteiger partial charge in [0.2, 0.25) is 11.8 Å².